The summed E-state index contributed by atoms with van der Waals surface area (Å²) in [6, 6.07) is 5.63. The highest BCUT2D eigenvalue weighted by Crippen LogP contribution is 2.37. The van der Waals surface area contributed by atoms with Gasteiger partial charge in [-0.1, -0.05) is 35.6 Å². The molecule has 0 saturated heterocycles. The largest absolute Gasteiger partial charge is 0.444 e. The van der Waals surface area contributed by atoms with E-state index in [1.165, 1.54) is 23.5 Å². The second-order valence-electron chi connectivity index (χ2n) is 7.22. The first-order valence-electron chi connectivity index (χ1n) is 9.47. The molecule has 3 aromatic rings. The quantitative estimate of drug-likeness (QED) is 0.563. The Kier molecular flexibility index (Phi) is 5.57. The molecule has 1 atom stereocenters. The first-order valence-corrected chi connectivity index (χ1v) is 10.3. The molecule has 0 fully saturated rings. The predicted octanol–water partition coefficient (Wildman–Crippen LogP) is 5.61. The number of halogens is 3. The third-order valence-electron chi connectivity index (χ3n) is 4.94. The van der Waals surface area contributed by atoms with E-state index in [1.54, 1.807) is 13.3 Å². The zero-order valence-corrected chi connectivity index (χ0v) is 17.5. The Morgan fingerprint density at radius 1 is 1.39 bits per heavy atom. The van der Waals surface area contributed by atoms with Crippen molar-refractivity contribution in [3.8, 4) is 0 Å². The van der Waals surface area contributed by atoms with E-state index in [1.807, 2.05) is 29.8 Å². The molecular weight excluding hydrogens is 429 g/mol. The van der Waals surface area contributed by atoms with E-state index in [9.17, 15) is 18.0 Å². The molecule has 0 spiro atoms. The van der Waals surface area contributed by atoms with E-state index in [0.717, 1.165) is 22.7 Å². The number of imidazole rings is 1. The third kappa shape index (κ3) is 4.63. The molecule has 0 radical (unpaired) electrons. The van der Waals surface area contributed by atoms with Gasteiger partial charge in [-0.15, -0.1) is 0 Å². The molecule has 0 aliphatic heterocycles. The Labute approximate surface area is 180 Å². The van der Waals surface area contributed by atoms with E-state index in [2.05, 4.69) is 15.3 Å². The molecule has 4 rings (SSSR count). The summed E-state index contributed by atoms with van der Waals surface area (Å²) in [5.41, 5.74) is 3.78. The average molecular weight is 448 g/mol. The molecule has 1 unspecified atom stereocenters. The number of ether oxygens (including phenoxy) is 1. The number of aromatic nitrogens is 3. The number of alkyl halides is 3. The lowest BCUT2D eigenvalue weighted by atomic mass is 9.96. The average Bonchev–Trinajstić information content (AvgIpc) is 3.28. The van der Waals surface area contributed by atoms with Gasteiger partial charge >= 0.3 is 12.3 Å². The standard InChI is InChI=1S/C21H19F3N4O2S/c1-12-18(31-19(26-12)14-4-6-15(7-5-14)21(22,23)24)27-20(29)30-10-13-3-8-17-16(9-13)25-11-28(17)2/h3-6,8-9,11,15H,7,10H2,1-2H3,(H,27,29). The SMILES string of the molecule is Cc1nc(C2=CCC(C(F)(F)F)C=C2)sc1NC(=O)OCc1ccc2c(c1)ncn2C. The minimum absolute atomic E-state index is 0.0791. The highest BCUT2D eigenvalue weighted by atomic mass is 32.1. The van der Waals surface area contributed by atoms with Crippen molar-refractivity contribution in [2.75, 3.05) is 5.32 Å². The van der Waals surface area contributed by atoms with Crippen molar-refractivity contribution in [1.82, 2.24) is 14.5 Å². The number of amides is 1. The first kappa shape index (κ1) is 21.1. The maximum Gasteiger partial charge on any atom is 0.412 e. The molecule has 0 bridgehead atoms. The lowest BCUT2D eigenvalue weighted by Crippen LogP contribution is -2.21. The van der Waals surface area contributed by atoms with Gasteiger partial charge in [0.25, 0.3) is 0 Å². The summed E-state index contributed by atoms with van der Waals surface area (Å²) in [4.78, 5) is 20.9. The fourth-order valence-corrected chi connectivity index (χ4v) is 4.18. The van der Waals surface area contributed by atoms with Crippen LogP contribution >= 0.6 is 11.3 Å². The second-order valence-corrected chi connectivity index (χ2v) is 8.21. The maximum atomic E-state index is 12.8. The van der Waals surface area contributed by atoms with E-state index in [-0.39, 0.29) is 13.0 Å². The summed E-state index contributed by atoms with van der Waals surface area (Å²) in [5.74, 6) is -1.48. The molecular formula is C21H19F3N4O2S. The molecule has 1 aliphatic rings. The van der Waals surface area contributed by atoms with Crippen molar-refractivity contribution >= 4 is 39.0 Å². The van der Waals surface area contributed by atoms with E-state index < -0.39 is 18.2 Å². The summed E-state index contributed by atoms with van der Waals surface area (Å²) in [7, 11) is 1.90. The highest BCUT2D eigenvalue weighted by Gasteiger charge is 2.38. The number of hydrogen-bond donors (Lipinski definition) is 1. The summed E-state index contributed by atoms with van der Waals surface area (Å²) in [6.07, 6.45) is 0.791. The molecule has 1 aromatic carbocycles. The van der Waals surface area contributed by atoms with Crippen LogP contribution < -0.4 is 5.32 Å². The number of carbonyl (C=O) groups excluding carboxylic acids is 1. The van der Waals surface area contributed by atoms with Crippen LogP contribution in [-0.4, -0.2) is 26.8 Å². The Bertz CT molecular complexity index is 1190. The van der Waals surface area contributed by atoms with Crippen molar-refractivity contribution in [2.24, 2.45) is 13.0 Å². The molecule has 6 nitrogen and oxygen atoms in total. The van der Waals surface area contributed by atoms with Crippen molar-refractivity contribution in [2.45, 2.75) is 26.1 Å². The maximum absolute atomic E-state index is 12.8. The molecule has 2 aromatic heterocycles. The van der Waals surface area contributed by atoms with Crippen LogP contribution in [0.25, 0.3) is 16.6 Å². The van der Waals surface area contributed by atoms with Gasteiger partial charge in [0.15, 0.2) is 0 Å². The zero-order chi connectivity index (χ0) is 22.2. The van der Waals surface area contributed by atoms with Gasteiger partial charge in [0.2, 0.25) is 0 Å². The zero-order valence-electron chi connectivity index (χ0n) is 16.7. The normalized spacial score (nSPS) is 16.4. The number of rotatable bonds is 4. The van der Waals surface area contributed by atoms with Crippen molar-refractivity contribution < 1.29 is 22.7 Å². The Hall–Kier alpha value is -3.14. The van der Waals surface area contributed by atoms with Gasteiger partial charge in [0.1, 0.15) is 16.6 Å². The number of aryl methyl sites for hydroxylation is 2. The molecule has 10 heteroatoms. The number of allylic oxidation sites excluding steroid dienone is 4. The minimum atomic E-state index is -4.26. The minimum Gasteiger partial charge on any atom is -0.444 e. The molecule has 1 N–H and O–H groups in total. The van der Waals surface area contributed by atoms with E-state index in [0.29, 0.717) is 21.3 Å². The fraction of sp³-hybridized carbons (Fsp3) is 0.286. The first-order chi connectivity index (χ1) is 14.7. The summed E-state index contributed by atoms with van der Waals surface area (Å²) in [5, 5.41) is 3.70. The lowest BCUT2D eigenvalue weighted by molar-refractivity contribution is -0.160. The number of thiazole rings is 1. The summed E-state index contributed by atoms with van der Waals surface area (Å²) in [6.45, 7) is 1.80. The number of carbonyl (C=O) groups is 1. The van der Waals surface area contributed by atoms with Gasteiger partial charge in [-0.3, -0.25) is 5.32 Å². The van der Waals surface area contributed by atoms with Crippen LogP contribution in [0.3, 0.4) is 0 Å². The molecule has 1 aliphatic carbocycles. The molecule has 0 saturated carbocycles. The van der Waals surface area contributed by atoms with Crippen LogP contribution in [0.5, 0.6) is 0 Å². The number of nitrogens with one attached hydrogen (secondary N) is 1. The van der Waals surface area contributed by atoms with Crippen molar-refractivity contribution in [3.05, 3.63) is 59.0 Å². The van der Waals surface area contributed by atoms with E-state index in [4.69, 9.17) is 4.74 Å². The fourth-order valence-electron chi connectivity index (χ4n) is 3.21. The molecule has 2 heterocycles. The highest BCUT2D eigenvalue weighted by molar-refractivity contribution is 7.17. The van der Waals surface area contributed by atoms with Gasteiger partial charge < -0.3 is 9.30 Å². The molecule has 1 amide bonds. The Balaban J connectivity index is 1.37. The summed E-state index contributed by atoms with van der Waals surface area (Å²) < 4.78 is 45.6. The molecule has 31 heavy (non-hydrogen) atoms. The smallest absolute Gasteiger partial charge is 0.412 e. The summed E-state index contributed by atoms with van der Waals surface area (Å²) >= 11 is 1.19. The molecule has 162 valence electrons. The van der Waals surface area contributed by atoms with Crippen LogP contribution in [-0.2, 0) is 18.4 Å². The van der Waals surface area contributed by atoms with Gasteiger partial charge in [-0.25, -0.2) is 14.8 Å². The third-order valence-corrected chi connectivity index (χ3v) is 6.06. The van der Waals surface area contributed by atoms with Gasteiger partial charge in [-0.2, -0.15) is 13.2 Å². The number of hydrogen-bond acceptors (Lipinski definition) is 5. The van der Waals surface area contributed by atoms with Crippen molar-refractivity contribution in [3.63, 3.8) is 0 Å². The van der Waals surface area contributed by atoms with Crippen LogP contribution in [0.1, 0.15) is 22.7 Å². The van der Waals surface area contributed by atoms with Gasteiger partial charge in [0, 0.05) is 12.6 Å². The number of benzene rings is 1. The Morgan fingerprint density at radius 3 is 2.90 bits per heavy atom. The van der Waals surface area contributed by atoms with Crippen LogP contribution in [0, 0.1) is 12.8 Å². The van der Waals surface area contributed by atoms with E-state index >= 15 is 0 Å². The Morgan fingerprint density at radius 2 is 2.19 bits per heavy atom. The predicted molar refractivity (Wildman–Crippen MR) is 113 cm³/mol. The van der Waals surface area contributed by atoms with Gasteiger partial charge in [0.05, 0.1) is 29.0 Å². The monoisotopic (exact) mass is 448 g/mol. The number of anilines is 1. The second kappa shape index (κ2) is 8.18. The topological polar surface area (TPSA) is 69.0 Å². The van der Waals surface area contributed by atoms with Crippen LogP contribution in [0.15, 0.2) is 42.8 Å². The number of fused-ring (bicyclic) bond motifs is 1. The lowest BCUT2D eigenvalue weighted by Gasteiger charge is -2.18. The van der Waals surface area contributed by atoms with Crippen LogP contribution in [0.4, 0.5) is 23.0 Å². The van der Waals surface area contributed by atoms with Crippen molar-refractivity contribution in [1.29, 1.82) is 0 Å². The van der Waals surface area contributed by atoms with Gasteiger partial charge in [-0.05, 0) is 31.0 Å². The van der Waals surface area contributed by atoms with Crippen LogP contribution in [0.2, 0.25) is 0 Å². The number of nitrogens with zero attached hydrogens (tertiary/aromatic N) is 3.